The summed E-state index contributed by atoms with van der Waals surface area (Å²) in [7, 11) is 0. The summed E-state index contributed by atoms with van der Waals surface area (Å²) in [5, 5.41) is 0. The summed E-state index contributed by atoms with van der Waals surface area (Å²) in [6.45, 7) is 2.83. The monoisotopic (exact) mass is 226 g/mol. The SMILES string of the molecule is CCO[C@@]1(C(F)(F)F)CCN(CCN)C1. The Hall–Kier alpha value is -0.330. The molecule has 2 N–H and O–H groups in total. The molecule has 6 heteroatoms. The molecule has 1 atom stereocenters. The molecule has 0 spiro atoms. The van der Waals surface area contributed by atoms with Crippen molar-refractivity contribution >= 4 is 0 Å². The fourth-order valence-electron chi connectivity index (χ4n) is 1.94. The number of halogens is 3. The van der Waals surface area contributed by atoms with E-state index in [-0.39, 0.29) is 19.6 Å². The van der Waals surface area contributed by atoms with Crippen molar-refractivity contribution in [3.63, 3.8) is 0 Å². The van der Waals surface area contributed by atoms with Gasteiger partial charge in [0.25, 0.3) is 0 Å². The third-order valence-electron chi connectivity index (χ3n) is 2.69. The van der Waals surface area contributed by atoms with Crippen LogP contribution in [-0.2, 0) is 4.74 Å². The van der Waals surface area contributed by atoms with E-state index in [9.17, 15) is 13.2 Å². The van der Waals surface area contributed by atoms with Gasteiger partial charge in [0.1, 0.15) is 0 Å². The molecule has 0 aromatic carbocycles. The molecule has 0 aromatic heterocycles. The molecule has 0 amide bonds. The third kappa shape index (κ3) is 2.62. The molecule has 1 aliphatic rings. The van der Waals surface area contributed by atoms with Gasteiger partial charge in [-0.2, -0.15) is 13.2 Å². The van der Waals surface area contributed by atoms with Gasteiger partial charge in [-0.25, -0.2) is 0 Å². The van der Waals surface area contributed by atoms with Crippen molar-refractivity contribution in [1.29, 1.82) is 0 Å². The van der Waals surface area contributed by atoms with Crippen molar-refractivity contribution in [1.82, 2.24) is 4.90 Å². The standard InChI is InChI=1S/C9H17F3N2O/c1-2-15-8(9(10,11)12)3-5-14(7-8)6-4-13/h2-7,13H2,1H3/t8-/m0/s1. The van der Waals surface area contributed by atoms with Crippen LogP contribution in [0.5, 0.6) is 0 Å². The topological polar surface area (TPSA) is 38.5 Å². The zero-order chi connectivity index (χ0) is 11.5. The summed E-state index contributed by atoms with van der Waals surface area (Å²) in [6.07, 6.45) is -4.29. The third-order valence-corrected chi connectivity index (χ3v) is 2.69. The summed E-state index contributed by atoms with van der Waals surface area (Å²) in [4.78, 5) is 1.70. The number of likely N-dealkylation sites (tertiary alicyclic amines) is 1. The molecule has 0 saturated carbocycles. The van der Waals surface area contributed by atoms with E-state index in [0.29, 0.717) is 19.6 Å². The predicted molar refractivity (Wildman–Crippen MR) is 50.5 cm³/mol. The van der Waals surface area contributed by atoms with E-state index in [1.165, 1.54) is 0 Å². The fraction of sp³-hybridized carbons (Fsp3) is 1.00. The first kappa shape index (κ1) is 12.7. The Labute approximate surface area is 87.4 Å². The fourth-order valence-corrected chi connectivity index (χ4v) is 1.94. The van der Waals surface area contributed by atoms with Gasteiger partial charge in [-0.05, 0) is 13.3 Å². The van der Waals surface area contributed by atoms with Gasteiger partial charge in [-0.1, -0.05) is 0 Å². The largest absolute Gasteiger partial charge is 0.418 e. The number of alkyl halides is 3. The van der Waals surface area contributed by atoms with Crippen LogP contribution >= 0.6 is 0 Å². The minimum atomic E-state index is -4.30. The molecule has 3 nitrogen and oxygen atoms in total. The Kier molecular flexibility index (Phi) is 3.97. The van der Waals surface area contributed by atoms with E-state index < -0.39 is 11.8 Å². The highest BCUT2D eigenvalue weighted by atomic mass is 19.4. The van der Waals surface area contributed by atoms with Gasteiger partial charge in [0.05, 0.1) is 0 Å². The number of hydrogen-bond donors (Lipinski definition) is 1. The Morgan fingerprint density at radius 1 is 1.47 bits per heavy atom. The van der Waals surface area contributed by atoms with Gasteiger partial charge in [-0.15, -0.1) is 0 Å². The van der Waals surface area contributed by atoms with Gasteiger partial charge in [0.2, 0.25) is 0 Å². The zero-order valence-electron chi connectivity index (χ0n) is 8.81. The number of nitrogens with zero attached hydrogens (tertiary/aromatic N) is 1. The number of rotatable bonds is 4. The van der Waals surface area contributed by atoms with E-state index in [0.717, 1.165) is 0 Å². The van der Waals surface area contributed by atoms with Crippen LogP contribution in [-0.4, -0.2) is 49.5 Å². The summed E-state index contributed by atoms with van der Waals surface area (Å²) >= 11 is 0. The van der Waals surface area contributed by atoms with Crippen LogP contribution in [0.25, 0.3) is 0 Å². The Morgan fingerprint density at radius 3 is 2.60 bits per heavy atom. The molecule has 1 rings (SSSR count). The minimum absolute atomic E-state index is 0.00431. The quantitative estimate of drug-likeness (QED) is 0.777. The minimum Gasteiger partial charge on any atom is -0.364 e. The smallest absolute Gasteiger partial charge is 0.364 e. The average Bonchev–Trinajstić information content (AvgIpc) is 2.50. The van der Waals surface area contributed by atoms with Crippen LogP contribution in [0, 0.1) is 0 Å². The maximum atomic E-state index is 12.8. The lowest BCUT2D eigenvalue weighted by atomic mass is 10.0. The van der Waals surface area contributed by atoms with E-state index in [4.69, 9.17) is 10.5 Å². The predicted octanol–water partition coefficient (Wildman–Crippen LogP) is 0.988. The van der Waals surface area contributed by atoms with Crippen LogP contribution in [0.2, 0.25) is 0 Å². The molecular weight excluding hydrogens is 209 g/mol. The molecule has 0 aliphatic carbocycles. The second kappa shape index (κ2) is 4.67. The molecule has 90 valence electrons. The summed E-state index contributed by atoms with van der Waals surface area (Å²) in [6, 6.07) is 0. The van der Waals surface area contributed by atoms with Crippen molar-refractivity contribution in [2.24, 2.45) is 5.73 Å². The maximum Gasteiger partial charge on any atom is 0.418 e. The zero-order valence-corrected chi connectivity index (χ0v) is 8.81. The van der Waals surface area contributed by atoms with Gasteiger partial charge in [-0.3, -0.25) is 4.90 Å². The molecule has 1 aliphatic heterocycles. The molecule has 0 bridgehead atoms. The molecule has 0 aromatic rings. The van der Waals surface area contributed by atoms with Gasteiger partial charge in [0, 0.05) is 32.8 Å². The van der Waals surface area contributed by atoms with E-state index in [1.54, 1.807) is 11.8 Å². The van der Waals surface area contributed by atoms with E-state index >= 15 is 0 Å². The van der Waals surface area contributed by atoms with Gasteiger partial charge < -0.3 is 10.5 Å². The number of nitrogens with two attached hydrogens (primary N) is 1. The van der Waals surface area contributed by atoms with Crippen LogP contribution in [0.15, 0.2) is 0 Å². The molecule has 1 saturated heterocycles. The Morgan fingerprint density at radius 2 is 2.13 bits per heavy atom. The lowest BCUT2D eigenvalue weighted by molar-refractivity contribution is -0.270. The number of hydrogen-bond acceptors (Lipinski definition) is 3. The van der Waals surface area contributed by atoms with Crippen molar-refractivity contribution in [3.05, 3.63) is 0 Å². The van der Waals surface area contributed by atoms with Crippen LogP contribution in [0.1, 0.15) is 13.3 Å². The van der Waals surface area contributed by atoms with Crippen LogP contribution < -0.4 is 5.73 Å². The van der Waals surface area contributed by atoms with Gasteiger partial charge in [0.15, 0.2) is 5.60 Å². The molecular formula is C9H17F3N2O. The molecule has 0 radical (unpaired) electrons. The molecule has 15 heavy (non-hydrogen) atoms. The summed E-state index contributed by atoms with van der Waals surface area (Å²) in [5.41, 5.74) is 3.34. The Bertz CT molecular complexity index is 210. The summed E-state index contributed by atoms with van der Waals surface area (Å²) in [5.74, 6) is 0. The van der Waals surface area contributed by atoms with Crippen molar-refractivity contribution in [2.45, 2.75) is 25.1 Å². The average molecular weight is 226 g/mol. The van der Waals surface area contributed by atoms with Crippen LogP contribution in [0.4, 0.5) is 13.2 Å². The highest BCUT2D eigenvalue weighted by molar-refractivity contribution is 4.97. The lowest BCUT2D eigenvalue weighted by Crippen LogP contribution is -2.50. The van der Waals surface area contributed by atoms with E-state index in [2.05, 4.69) is 0 Å². The first-order valence-electron chi connectivity index (χ1n) is 5.08. The van der Waals surface area contributed by atoms with Crippen molar-refractivity contribution in [2.75, 3.05) is 32.8 Å². The second-order valence-corrected chi connectivity index (χ2v) is 3.74. The maximum absolute atomic E-state index is 12.8. The van der Waals surface area contributed by atoms with Gasteiger partial charge >= 0.3 is 6.18 Å². The first-order valence-corrected chi connectivity index (χ1v) is 5.08. The molecule has 1 heterocycles. The lowest BCUT2D eigenvalue weighted by Gasteiger charge is -2.31. The molecule has 0 unspecified atom stereocenters. The van der Waals surface area contributed by atoms with Crippen molar-refractivity contribution in [3.8, 4) is 0 Å². The van der Waals surface area contributed by atoms with Crippen molar-refractivity contribution < 1.29 is 17.9 Å². The first-order chi connectivity index (χ1) is 6.95. The van der Waals surface area contributed by atoms with Crippen LogP contribution in [0.3, 0.4) is 0 Å². The number of ether oxygens (including phenoxy) is 1. The highest BCUT2D eigenvalue weighted by Gasteiger charge is 2.58. The molecule has 1 fully saturated rings. The normalized spacial score (nSPS) is 28.6. The second-order valence-electron chi connectivity index (χ2n) is 3.74. The highest BCUT2D eigenvalue weighted by Crippen LogP contribution is 2.40. The van der Waals surface area contributed by atoms with E-state index in [1.807, 2.05) is 0 Å². The summed E-state index contributed by atoms with van der Waals surface area (Å²) < 4.78 is 43.4. The Balaban J connectivity index is 2.69.